The van der Waals surface area contributed by atoms with E-state index in [4.69, 9.17) is 0 Å². The van der Waals surface area contributed by atoms with Crippen LogP contribution in [0, 0.1) is 6.92 Å². The molecule has 1 aliphatic rings. The molecule has 0 bridgehead atoms. The van der Waals surface area contributed by atoms with Crippen molar-refractivity contribution in [3.8, 4) is 0 Å². The zero-order valence-corrected chi connectivity index (χ0v) is 10.9. The summed E-state index contributed by atoms with van der Waals surface area (Å²) in [6, 6.07) is 6.69. The molecule has 1 heteroatoms. The minimum Gasteiger partial charge on any atom is -0.0778 e. The van der Waals surface area contributed by atoms with Crippen LogP contribution in [0.1, 0.15) is 30.5 Å². The summed E-state index contributed by atoms with van der Waals surface area (Å²) in [5, 5.41) is 1.70. The van der Waals surface area contributed by atoms with E-state index in [0.717, 1.165) is 0 Å². The second-order valence-corrected chi connectivity index (χ2v) is 6.15. The highest BCUT2D eigenvalue weighted by molar-refractivity contribution is 6.46. The molecule has 14 heavy (non-hydrogen) atoms. The second-order valence-electron chi connectivity index (χ2n) is 4.68. The summed E-state index contributed by atoms with van der Waals surface area (Å²) >= 11 is 0. The van der Waals surface area contributed by atoms with Crippen LogP contribution in [-0.2, 0) is 5.41 Å². The fourth-order valence-electron chi connectivity index (χ4n) is 2.49. The molecule has 0 atom stereocenters. The van der Waals surface area contributed by atoms with Gasteiger partial charge in [-0.2, -0.15) is 0 Å². The number of benzene rings is 1. The molecule has 0 aliphatic heterocycles. The van der Waals surface area contributed by atoms with Gasteiger partial charge in [-0.3, -0.25) is 0 Å². The number of allylic oxidation sites excluding steroid dienone is 1. The molecule has 1 aromatic rings. The summed E-state index contributed by atoms with van der Waals surface area (Å²) in [6.45, 7) is 9.32. The van der Waals surface area contributed by atoms with E-state index in [9.17, 15) is 0 Å². The second kappa shape index (κ2) is 3.09. The standard InChI is InChI=1S/C13H18Si/c1-9-6-5-7-11-10(9)8-12(14-4)13(11,2)3/h5-8H,14H2,1-4H3. The Morgan fingerprint density at radius 3 is 2.50 bits per heavy atom. The van der Waals surface area contributed by atoms with Crippen LogP contribution in [0.5, 0.6) is 0 Å². The minimum absolute atomic E-state index is 0.0325. The van der Waals surface area contributed by atoms with Crippen molar-refractivity contribution >= 4 is 15.6 Å². The monoisotopic (exact) mass is 202 g/mol. The number of rotatable bonds is 1. The number of hydrogen-bond acceptors (Lipinski definition) is 0. The van der Waals surface area contributed by atoms with Gasteiger partial charge in [-0.1, -0.05) is 49.9 Å². The predicted molar refractivity (Wildman–Crippen MR) is 66.6 cm³/mol. The molecular formula is C13H18Si. The fourth-order valence-corrected chi connectivity index (χ4v) is 3.97. The van der Waals surface area contributed by atoms with Gasteiger partial charge in [-0.15, -0.1) is 0 Å². The van der Waals surface area contributed by atoms with Crippen LogP contribution >= 0.6 is 0 Å². The molecule has 0 saturated heterocycles. The Labute approximate surface area is 88.9 Å². The SMILES string of the molecule is C[SiH2]C1=Cc2c(C)cccc2C1(C)C. The molecule has 1 aliphatic carbocycles. The molecule has 0 saturated carbocycles. The third-order valence-corrected chi connectivity index (χ3v) is 5.35. The molecule has 0 heterocycles. The lowest BCUT2D eigenvalue weighted by Crippen LogP contribution is -2.19. The lowest BCUT2D eigenvalue weighted by molar-refractivity contribution is 0.667. The minimum atomic E-state index is -0.0325. The molecule has 0 radical (unpaired) electrons. The van der Waals surface area contributed by atoms with E-state index in [-0.39, 0.29) is 9.52 Å². The highest BCUT2D eigenvalue weighted by atomic mass is 28.2. The van der Waals surface area contributed by atoms with Crippen molar-refractivity contribution in [2.45, 2.75) is 32.7 Å². The van der Waals surface area contributed by atoms with Gasteiger partial charge >= 0.3 is 0 Å². The van der Waals surface area contributed by atoms with Crippen molar-refractivity contribution in [1.29, 1.82) is 0 Å². The lowest BCUT2D eigenvalue weighted by atomic mass is 9.86. The van der Waals surface area contributed by atoms with Gasteiger partial charge in [-0.25, -0.2) is 0 Å². The van der Waals surface area contributed by atoms with Crippen molar-refractivity contribution in [3.05, 3.63) is 40.1 Å². The molecule has 0 N–H and O–H groups in total. The van der Waals surface area contributed by atoms with Gasteiger partial charge in [0, 0.05) is 14.9 Å². The summed E-state index contributed by atoms with van der Waals surface area (Å²) < 4.78 is 0. The summed E-state index contributed by atoms with van der Waals surface area (Å²) in [7, 11) is -0.0325. The maximum Gasteiger partial charge on any atom is 0.0476 e. The van der Waals surface area contributed by atoms with Gasteiger partial charge in [0.25, 0.3) is 0 Å². The molecule has 0 spiro atoms. The average molecular weight is 202 g/mol. The summed E-state index contributed by atoms with van der Waals surface area (Å²) in [4.78, 5) is 0. The van der Waals surface area contributed by atoms with E-state index >= 15 is 0 Å². The van der Waals surface area contributed by atoms with Crippen LogP contribution in [0.25, 0.3) is 6.08 Å². The van der Waals surface area contributed by atoms with Crippen LogP contribution in [0.2, 0.25) is 6.55 Å². The molecule has 0 fully saturated rings. The Bertz CT molecular complexity index is 400. The van der Waals surface area contributed by atoms with Crippen LogP contribution in [0.4, 0.5) is 0 Å². The molecule has 0 nitrogen and oxygen atoms in total. The molecule has 1 aromatic carbocycles. The Morgan fingerprint density at radius 1 is 1.21 bits per heavy atom. The van der Waals surface area contributed by atoms with Gasteiger partial charge in [0.2, 0.25) is 0 Å². The summed E-state index contributed by atoms with van der Waals surface area (Å²) in [6.07, 6.45) is 2.44. The summed E-state index contributed by atoms with van der Waals surface area (Å²) in [5.74, 6) is 0. The topological polar surface area (TPSA) is 0 Å². The normalized spacial score (nSPS) is 18.7. The molecule has 0 unspecified atom stereocenters. The molecule has 74 valence electrons. The highest BCUT2D eigenvalue weighted by Gasteiger charge is 2.31. The van der Waals surface area contributed by atoms with Gasteiger partial charge in [0.05, 0.1) is 0 Å². The maximum atomic E-state index is 2.44. The van der Waals surface area contributed by atoms with Crippen molar-refractivity contribution < 1.29 is 0 Å². The van der Waals surface area contributed by atoms with Crippen molar-refractivity contribution in [2.75, 3.05) is 0 Å². The first-order valence-electron chi connectivity index (χ1n) is 5.38. The maximum absolute atomic E-state index is 2.44. The van der Waals surface area contributed by atoms with Gasteiger partial charge in [0.15, 0.2) is 0 Å². The Kier molecular flexibility index (Phi) is 2.15. The van der Waals surface area contributed by atoms with Crippen LogP contribution < -0.4 is 0 Å². The average Bonchev–Trinajstić information content (AvgIpc) is 2.40. The zero-order chi connectivity index (χ0) is 10.3. The molecule has 0 aromatic heterocycles. The molecule has 2 rings (SSSR count). The quantitative estimate of drug-likeness (QED) is 0.614. The Balaban J connectivity index is 2.65. The fraction of sp³-hybridized carbons (Fsp3) is 0.385. The lowest BCUT2D eigenvalue weighted by Gasteiger charge is -2.24. The first kappa shape index (κ1) is 9.72. The predicted octanol–water partition coefficient (Wildman–Crippen LogP) is 2.84. The van der Waals surface area contributed by atoms with E-state index in [2.05, 4.69) is 51.6 Å². The summed E-state index contributed by atoms with van der Waals surface area (Å²) in [5.41, 5.74) is 4.75. The highest BCUT2D eigenvalue weighted by Crippen LogP contribution is 2.41. The van der Waals surface area contributed by atoms with Crippen LogP contribution in [-0.4, -0.2) is 9.52 Å². The van der Waals surface area contributed by atoms with Crippen molar-refractivity contribution in [1.82, 2.24) is 0 Å². The van der Waals surface area contributed by atoms with Crippen LogP contribution in [0.15, 0.2) is 23.4 Å². The van der Waals surface area contributed by atoms with Crippen molar-refractivity contribution in [2.24, 2.45) is 0 Å². The van der Waals surface area contributed by atoms with E-state index in [1.165, 1.54) is 16.7 Å². The Morgan fingerprint density at radius 2 is 1.93 bits per heavy atom. The van der Waals surface area contributed by atoms with Gasteiger partial charge in [-0.05, 0) is 23.6 Å². The first-order chi connectivity index (χ1) is 6.57. The largest absolute Gasteiger partial charge is 0.0778 e. The zero-order valence-electron chi connectivity index (χ0n) is 9.52. The van der Waals surface area contributed by atoms with E-state index in [1.807, 2.05) is 0 Å². The smallest absolute Gasteiger partial charge is 0.0476 e. The van der Waals surface area contributed by atoms with E-state index in [1.54, 1.807) is 5.20 Å². The first-order valence-corrected chi connectivity index (χ1v) is 7.50. The van der Waals surface area contributed by atoms with Crippen molar-refractivity contribution in [3.63, 3.8) is 0 Å². The third kappa shape index (κ3) is 1.19. The van der Waals surface area contributed by atoms with Gasteiger partial charge < -0.3 is 0 Å². The van der Waals surface area contributed by atoms with E-state index in [0.29, 0.717) is 5.41 Å². The Hall–Kier alpha value is -0.823. The number of aryl methyl sites for hydroxylation is 1. The van der Waals surface area contributed by atoms with Crippen LogP contribution in [0.3, 0.4) is 0 Å². The number of fused-ring (bicyclic) bond motifs is 1. The van der Waals surface area contributed by atoms with Gasteiger partial charge in [0.1, 0.15) is 0 Å². The number of hydrogen-bond donors (Lipinski definition) is 0. The molecule has 0 amide bonds. The third-order valence-electron chi connectivity index (χ3n) is 3.50. The van der Waals surface area contributed by atoms with E-state index < -0.39 is 0 Å². The molecular weight excluding hydrogens is 184 g/mol.